The molecule has 4 rings (SSSR count). The number of methoxy groups -OCH3 is 1. The van der Waals surface area contributed by atoms with E-state index in [1.54, 1.807) is 36.4 Å². The van der Waals surface area contributed by atoms with E-state index in [1.165, 1.54) is 6.20 Å². The first-order chi connectivity index (χ1) is 13.5. The van der Waals surface area contributed by atoms with Crippen molar-refractivity contribution in [2.24, 2.45) is 0 Å². The molecule has 0 saturated carbocycles. The SMILES string of the molecule is COc1ccc2c(c1)OC1(CCN(C(=O)c3cnc(C)cn3)CC1)CNC2=O. The van der Waals surface area contributed by atoms with Gasteiger partial charge < -0.3 is 19.7 Å². The van der Waals surface area contributed by atoms with Crippen LogP contribution in [0.3, 0.4) is 0 Å². The summed E-state index contributed by atoms with van der Waals surface area (Å²) in [6.45, 7) is 3.26. The first kappa shape index (κ1) is 18.2. The topological polar surface area (TPSA) is 93.7 Å². The Bertz CT molecular complexity index is 905. The first-order valence-corrected chi connectivity index (χ1v) is 9.23. The Balaban J connectivity index is 1.50. The highest BCUT2D eigenvalue weighted by Gasteiger charge is 2.41. The van der Waals surface area contributed by atoms with Gasteiger partial charge in [-0.15, -0.1) is 0 Å². The molecule has 8 heteroatoms. The summed E-state index contributed by atoms with van der Waals surface area (Å²) in [5.74, 6) is 0.845. The van der Waals surface area contributed by atoms with Crippen LogP contribution in [-0.2, 0) is 0 Å². The number of benzene rings is 1. The summed E-state index contributed by atoms with van der Waals surface area (Å²) in [6, 6.07) is 5.18. The van der Waals surface area contributed by atoms with Crippen LogP contribution in [0.25, 0.3) is 0 Å². The molecule has 0 unspecified atom stereocenters. The third-order valence-electron chi connectivity index (χ3n) is 5.29. The molecule has 28 heavy (non-hydrogen) atoms. The van der Waals surface area contributed by atoms with E-state index in [1.807, 2.05) is 6.92 Å². The van der Waals surface area contributed by atoms with Crippen molar-refractivity contribution in [3.63, 3.8) is 0 Å². The molecule has 1 spiro atoms. The van der Waals surface area contributed by atoms with Gasteiger partial charge in [-0.05, 0) is 19.1 Å². The molecule has 3 heterocycles. The zero-order valence-electron chi connectivity index (χ0n) is 15.9. The van der Waals surface area contributed by atoms with Crippen molar-refractivity contribution in [3.05, 3.63) is 47.5 Å². The minimum Gasteiger partial charge on any atom is -0.497 e. The van der Waals surface area contributed by atoms with Crippen LogP contribution in [0.1, 0.15) is 39.4 Å². The molecule has 0 radical (unpaired) electrons. The summed E-state index contributed by atoms with van der Waals surface area (Å²) in [7, 11) is 1.58. The van der Waals surface area contributed by atoms with Gasteiger partial charge >= 0.3 is 0 Å². The molecule has 0 bridgehead atoms. The van der Waals surface area contributed by atoms with Gasteiger partial charge in [0, 0.05) is 38.2 Å². The van der Waals surface area contributed by atoms with Crippen LogP contribution in [0.15, 0.2) is 30.6 Å². The van der Waals surface area contributed by atoms with Crippen LogP contribution in [0.4, 0.5) is 0 Å². The molecule has 146 valence electrons. The molecule has 2 amide bonds. The fourth-order valence-corrected chi connectivity index (χ4v) is 3.57. The molecule has 2 aliphatic rings. The Hall–Kier alpha value is -3.16. The molecule has 0 aliphatic carbocycles. The highest BCUT2D eigenvalue weighted by atomic mass is 16.5. The lowest BCUT2D eigenvalue weighted by atomic mass is 9.90. The summed E-state index contributed by atoms with van der Waals surface area (Å²) in [6.07, 6.45) is 4.31. The second-order valence-electron chi connectivity index (χ2n) is 7.17. The molecule has 1 fully saturated rings. The van der Waals surface area contributed by atoms with Crippen molar-refractivity contribution < 1.29 is 19.1 Å². The first-order valence-electron chi connectivity index (χ1n) is 9.23. The van der Waals surface area contributed by atoms with E-state index in [2.05, 4.69) is 15.3 Å². The maximum atomic E-state index is 12.7. The number of nitrogens with zero attached hydrogens (tertiary/aromatic N) is 3. The molecule has 2 aliphatic heterocycles. The lowest BCUT2D eigenvalue weighted by Crippen LogP contribution is -2.54. The molecule has 1 N–H and O–H groups in total. The van der Waals surface area contributed by atoms with E-state index < -0.39 is 5.60 Å². The molecular weight excluding hydrogens is 360 g/mol. The lowest BCUT2D eigenvalue weighted by molar-refractivity contribution is 0.00741. The number of ether oxygens (including phenoxy) is 2. The maximum Gasteiger partial charge on any atom is 0.274 e. The summed E-state index contributed by atoms with van der Waals surface area (Å²) >= 11 is 0. The van der Waals surface area contributed by atoms with Crippen molar-refractivity contribution in [1.82, 2.24) is 20.2 Å². The number of carbonyl (C=O) groups is 2. The number of carbonyl (C=O) groups excluding carboxylic acids is 2. The van der Waals surface area contributed by atoms with E-state index in [-0.39, 0.29) is 11.8 Å². The van der Waals surface area contributed by atoms with Crippen molar-refractivity contribution >= 4 is 11.8 Å². The second-order valence-corrected chi connectivity index (χ2v) is 7.17. The normalized spacial score (nSPS) is 17.9. The number of likely N-dealkylation sites (tertiary alicyclic amines) is 1. The van der Waals surface area contributed by atoms with E-state index in [0.29, 0.717) is 55.2 Å². The van der Waals surface area contributed by atoms with E-state index >= 15 is 0 Å². The monoisotopic (exact) mass is 382 g/mol. The van der Waals surface area contributed by atoms with Crippen LogP contribution in [-0.4, -0.2) is 59.0 Å². The molecule has 8 nitrogen and oxygen atoms in total. The molecule has 0 atom stereocenters. The predicted molar refractivity (Wildman–Crippen MR) is 101 cm³/mol. The number of amides is 2. The van der Waals surface area contributed by atoms with Gasteiger partial charge in [-0.3, -0.25) is 14.6 Å². The fraction of sp³-hybridized carbons (Fsp3) is 0.400. The lowest BCUT2D eigenvalue weighted by Gasteiger charge is -2.41. The smallest absolute Gasteiger partial charge is 0.274 e. The summed E-state index contributed by atoms with van der Waals surface area (Å²) in [4.78, 5) is 35.2. The number of hydrogen-bond acceptors (Lipinski definition) is 6. The van der Waals surface area contributed by atoms with Gasteiger partial charge in [0.25, 0.3) is 11.8 Å². The summed E-state index contributed by atoms with van der Waals surface area (Å²) in [5, 5.41) is 2.95. The van der Waals surface area contributed by atoms with E-state index in [0.717, 1.165) is 5.69 Å². The Morgan fingerprint density at radius 2 is 2.04 bits per heavy atom. The van der Waals surface area contributed by atoms with Crippen molar-refractivity contribution in [2.75, 3.05) is 26.7 Å². The van der Waals surface area contributed by atoms with E-state index in [4.69, 9.17) is 9.47 Å². The van der Waals surface area contributed by atoms with Gasteiger partial charge in [0.05, 0.1) is 31.1 Å². The third kappa shape index (κ3) is 3.37. The van der Waals surface area contributed by atoms with Crippen LogP contribution < -0.4 is 14.8 Å². The minimum absolute atomic E-state index is 0.137. The van der Waals surface area contributed by atoms with Gasteiger partial charge in [-0.2, -0.15) is 0 Å². The molecule has 1 saturated heterocycles. The Labute approximate surface area is 162 Å². The predicted octanol–water partition coefficient (Wildman–Crippen LogP) is 1.59. The molecular formula is C20H22N4O4. The molecule has 2 aromatic rings. The van der Waals surface area contributed by atoms with Gasteiger partial charge in [0.1, 0.15) is 22.8 Å². The number of fused-ring (bicyclic) bond motifs is 1. The van der Waals surface area contributed by atoms with Gasteiger partial charge in [-0.1, -0.05) is 0 Å². The van der Waals surface area contributed by atoms with Crippen LogP contribution in [0.5, 0.6) is 11.5 Å². The summed E-state index contributed by atoms with van der Waals surface area (Å²) in [5.41, 5.74) is 1.05. The Kier molecular flexibility index (Phi) is 4.62. The highest BCUT2D eigenvalue weighted by molar-refractivity contribution is 5.97. The second kappa shape index (κ2) is 7.10. The third-order valence-corrected chi connectivity index (χ3v) is 5.29. The largest absolute Gasteiger partial charge is 0.497 e. The molecule has 1 aromatic heterocycles. The van der Waals surface area contributed by atoms with Gasteiger partial charge in [0.15, 0.2) is 0 Å². The minimum atomic E-state index is -0.553. The van der Waals surface area contributed by atoms with Crippen LogP contribution >= 0.6 is 0 Å². The number of nitrogens with one attached hydrogen (secondary N) is 1. The highest BCUT2D eigenvalue weighted by Crippen LogP contribution is 2.35. The number of aryl methyl sites for hydroxylation is 1. The number of rotatable bonds is 2. The van der Waals surface area contributed by atoms with Crippen LogP contribution in [0.2, 0.25) is 0 Å². The Morgan fingerprint density at radius 1 is 1.25 bits per heavy atom. The van der Waals surface area contributed by atoms with Crippen molar-refractivity contribution in [2.45, 2.75) is 25.4 Å². The van der Waals surface area contributed by atoms with Gasteiger partial charge in [-0.25, -0.2) is 4.98 Å². The standard InChI is InChI=1S/C20H22N4O4/c1-13-10-22-16(11-21-13)19(26)24-7-5-20(6-8-24)12-23-18(25)15-4-3-14(27-2)9-17(15)28-20/h3-4,9-11H,5-8,12H2,1-2H3,(H,23,25). The van der Waals surface area contributed by atoms with Crippen molar-refractivity contribution in [3.8, 4) is 11.5 Å². The number of aromatic nitrogens is 2. The van der Waals surface area contributed by atoms with Gasteiger partial charge in [0.2, 0.25) is 0 Å². The average Bonchev–Trinajstić information content (AvgIpc) is 2.85. The zero-order valence-corrected chi connectivity index (χ0v) is 15.9. The number of hydrogen-bond donors (Lipinski definition) is 1. The maximum absolute atomic E-state index is 12.7. The fourth-order valence-electron chi connectivity index (χ4n) is 3.57. The van der Waals surface area contributed by atoms with Crippen LogP contribution in [0, 0.1) is 6.92 Å². The van der Waals surface area contributed by atoms with E-state index in [9.17, 15) is 9.59 Å². The number of piperidine rings is 1. The zero-order chi connectivity index (χ0) is 19.7. The average molecular weight is 382 g/mol. The summed E-state index contributed by atoms with van der Waals surface area (Å²) < 4.78 is 11.6. The molecule has 1 aromatic carbocycles. The quantitative estimate of drug-likeness (QED) is 0.848. The van der Waals surface area contributed by atoms with Crippen molar-refractivity contribution in [1.29, 1.82) is 0 Å². The Morgan fingerprint density at radius 3 is 2.71 bits per heavy atom.